The van der Waals surface area contributed by atoms with Crippen molar-refractivity contribution in [3.8, 4) is 5.75 Å². The molecule has 3 aromatic carbocycles. The van der Waals surface area contributed by atoms with Crippen molar-refractivity contribution in [2.24, 2.45) is 5.92 Å². The number of aryl methyl sites for hydroxylation is 1. The van der Waals surface area contributed by atoms with Crippen molar-refractivity contribution >= 4 is 5.91 Å². The van der Waals surface area contributed by atoms with E-state index in [9.17, 15) is 4.79 Å². The van der Waals surface area contributed by atoms with Crippen molar-refractivity contribution in [3.63, 3.8) is 0 Å². The van der Waals surface area contributed by atoms with E-state index >= 15 is 0 Å². The molecule has 0 unspecified atom stereocenters. The molecule has 0 radical (unpaired) electrons. The summed E-state index contributed by atoms with van der Waals surface area (Å²) in [6, 6.07) is 26.1. The van der Waals surface area contributed by atoms with Crippen LogP contribution in [0.15, 0.2) is 72.8 Å². The number of fused-ring (bicyclic) bond motifs is 1. The molecule has 2 atom stereocenters. The first kappa shape index (κ1) is 23.6. The topological polar surface area (TPSA) is 41.6 Å². The van der Waals surface area contributed by atoms with Gasteiger partial charge in [0.25, 0.3) is 5.91 Å². The van der Waals surface area contributed by atoms with Gasteiger partial charge in [-0.15, -0.1) is 0 Å². The van der Waals surface area contributed by atoms with E-state index in [0.29, 0.717) is 12.3 Å². The molecule has 1 heterocycles. The van der Waals surface area contributed by atoms with Gasteiger partial charge in [0.05, 0.1) is 6.04 Å². The van der Waals surface area contributed by atoms with Gasteiger partial charge >= 0.3 is 0 Å². The Morgan fingerprint density at radius 1 is 1.06 bits per heavy atom. The van der Waals surface area contributed by atoms with Crippen LogP contribution in [0.5, 0.6) is 5.75 Å². The number of benzene rings is 3. The van der Waals surface area contributed by atoms with Crippen molar-refractivity contribution in [1.29, 1.82) is 0 Å². The SMILES string of the molecule is CC[C@@H](Oc1ccc2c(c1)[C@@H](c1ccccc1)N(Cc1cccc(C)c1)CC2)C(=O)NCC1CC1. The molecule has 4 nitrogen and oxygen atoms in total. The van der Waals surface area contributed by atoms with Gasteiger partial charge in [0.2, 0.25) is 0 Å². The van der Waals surface area contributed by atoms with Crippen molar-refractivity contribution in [1.82, 2.24) is 10.2 Å². The molecule has 1 aliphatic heterocycles. The van der Waals surface area contributed by atoms with Gasteiger partial charge in [-0.2, -0.15) is 0 Å². The van der Waals surface area contributed by atoms with Gasteiger partial charge in [-0.1, -0.05) is 73.2 Å². The molecular weight excluding hydrogens is 432 g/mol. The summed E-state index contributed by atoms with van der Waals surface area (Å²) in [5.74, 6) is 1.43. The summed E-state index contributed by atoms with van der Waals surface area (Å²) >= 11 is 0. The minimum absolute atomic E-state index is 0.00203. The lowest BCUT2D eigenvalue weighted by atomic mass is 9.87. The smallest absolute Gasteiger partial charge is 0.261 e. The predicted octanol–water partition coefficient (Wildman–Crippen LogP) is 5.83. The lowest BCUT2D eigenvalue weighted by molar-refractivity contribution is -0.128. The third-order valence-electron chi connectivity index (χ3n) is 7.23. The molecule has 4 heteroatoms. The Morgan fingerprint density at radius 2 is 1.89 bits per heavy atom. The highest BCUT2D eigenvalue weighted by atomic mass is 16.5. The summed E-state index contributed by atoms with van der Waals surface area (Å²) in [5.41, 5.74) is 6.55. The third-order valence-corrected chi connectivity index (χ3v) is 7.23. The maximum absolute atomic E-state index is 12.7. The highest BCUT2D eigenvalue weighted by Crippen LogP contribution is 2.38. The molecular formula is C31H36N2O2. The van der Waals surface area contributed by atoms with Crippen LogP contribution in [0.3, 0.4) is 0 Å². The predicted molar refractivity (Wildman–Crippen MR) is 140 cm³/mol. The zero-order valence-electron chi connectivity index (χ0n) is 20.9. The lowest BCUT2D eigenvalue weighted by Gasteiger charge is -2.38. The summed E-state index contributed by atoms with van der Waals surface area (Å²) in [6.07, 6.45) is 3.64. The largest absolute Gasteiger partial charge is 0.481 e. The van der Waals surface area contributed by atoms with Gasteiger partial charge in [0, 0.05) is 19.6 Å². The van der Waals surface area contributed by atoms with Crippen LogP contribution >= 0.6 is 0 Å². The second kappa shape index (κ2) is 10.7. The van der Waals surface area contributed by atoms with E-state index in [2.05, 4.69) is 83.9 Å². The van der Waals surface area contributed by atoms with Crippen LogP contribution in [-0.2, 0) is 17.8 Å². The van der Waals surface area contributed by atoms with Gasteiger partial charge in [0.1, 0.15) is 5.75 Å². The number of hydrogen-bond donors (Lipinski definition) is 1. The van der Waals surface area contributed by atoms with Crippen molar-refractivity contribution < 1.29 is 9.53 Å². The molecule has 1 amide bonds. The summed E-state index contributed by atoms with van der Waals surface area (Å²) in [4.78, 5) is 15.3. The Hall–Kier alpha value is -3.11. The van der Waals surface area contributed by atoms with E-state index in [1.165, 1.54) is 40.7 Å². The standard InChI is InChI=1S/C31H36N2O2/c1-3-29(31(34)32-20-23-12-13-23)35-27-15-14-25-16-17-33(21-24-9-7-8-22(2)18-24)30(28(25)19-27)26-10-5-4-6-11-26/h4-11,14-15,18-19,23,29-30H,3,12-13,16-17,20-21H2,1-2H3,(H,32,34)/t29-,30-/m1/s1. The van der Waals surface area contributed by atoms with Gasteiger partial charge < -0.3 is 10.1 Å². The molecule has 2 aliphatic rings. The lowest BCUT2D eigenvalue weighted by Crippen LogP contribution is -2.39. The number of nitrogens with one attached hydrogen (secondary N) is 1. The first-order chi connectivity index (χ1) is 17.1. The normalized spacial score (nSPS) is 18.5. The highest BCUT2D eigenvalue weighted by molar-refractivity contribution is 5.81. The van der Waals surface area contributed by atoms with E-state index in [1.54, 1.807) is 0 Å². The summed E-state index contributed by atoms with van der Waals surface area (Å²) < 4.78 is 6.27. The number of ether oxygens (including phenoxy) is 1. The first-order valence-electron chi connectivity index (χ1n) is 13.0. The van der Waals surface area contributed by atoms with E-state index in [0.717, 1.165) is 31.8 Å². The van der Waals surface area contributed by atoms with Crippen LogP contribution < -0.4 is 10.1 Å². The molecule has 182 valence electrons. The van der Waals surface area contributed by atoms with Crippen molar-refractivity contribution in [2.75, 3.05) is 13.1 Å². The molecule has 1 fully saturated rings. The molecule has 1 saturated carbocycles. The molecule has 3 aromatic rings. The van der Waals surface area contributed by atoms with E-state index in [4.69, 9.17) is 4.74 Å². The molecule has 1 N–H and O–H groups in total. The van der Waals surface area contributed by atoms with E-state index in [1.807, 2.05) is 13.0 Å². The van der Waals surface area contributed by atoms with Crippen LogP contribution in [0.2, 0.25) is 0 Å². The number of hydrogen-bond acceptors (Lipinski definition) is 3. The van der Waals surface area contributed by atoms with Crippen molar-refractivity contribution in [3.05, 3.63) is 101 Å². The third kappa shape index (κ3) is 5.76. The van der Waals surface area contributed by atoms with E-state index < -0.39 is 6.10 Å². The average molecular weight is 469 g/mol. The Bertz CT molecular complexity index is 1160. The Morgan fingerprint density at radius 3 is 2.63 bits per heavy atom. The van der Waals surface area contributed by atoms with Crippen LogP contribution in [0.1, 0.15) is 60.0 Å². The second-order valence-corrected chi connectivity index (χ2v) is 10.1. The fourth-order valence-electron chi connectivity index (χ4n) is 5.13. The van der Waals surface area contributed by atoms with Gasteiger partial charge in [-0.25, -0.2) is 0 Å². The molecule has 0 aromatic heterocycles. The number of amides is 1. The Kier molecular flexibility index (Phi) is 7.19. The summed E-state index contributed by atoms with van der Waals surface area (Å²) in [6.45, 7) is 6.83. The second-order valence-electron chi connectivity index (χ2n) is 10.1. The number of rotatable bonds is 9. The maximum atomic E-state index is 12.7. The average Bonchev–Trinajstić information content (AvgIpc) is 3.71. The van der Waals surface area contributed by atoms with Crippen LogP contribution in [0, 0.1) is 12.8 Å². The van der Waals surface area contributed by atoms with Gasteiger partial charge in [-0.05, 0) is 72.9 Å². The Balaban J connectivity index is 1.41. The molecule has 1 aliphatic carbocycles. The monoisotopic (exact) mass is 468 g/mol. The number of carbonyl (C=O) groups is 1. The minimum atomic E-state index is -0.464. The molecule has 35 heavy (non-hydrogen) atoms. The molecule has 0 bridgehead atoms. The molecule has 0 spiro atoms. The fraction of sp³-hybridized carbons (Fsp3) is 0.387. The van der Waals surface area contributed by atoms with Gasteiger partial charge in [-0.3, -0.25) is 9.69 Å². The molecule has 0 saturated heterocycles. The number of nitrogens with zero attached hydrogens (tertiary/aromatic N) is 1. The van der Waals surface area contributed by atoms with Crippen molar-refractivity contribution in [2.45, 2.75) is 58.2 Å². The summed E-state index contributed by atoms with van der Waals surface area (Å²) in [5, 5.41) is 3.08. The van der Waals surface area contributed by atoms with Crippen LogP contribution in [0.4, 0.5) is 0 Å². The minimum Gasteiger partial charge on any atom is -0.481 e. The Labute approximate surface area is 209 Å². The highest BCUT2D eigenvalue weighted by Gasteiger charge is 2.30. The first-order valence-corrected chi connectivity index (χ1v) is 13.0. The van der Waals surface area contributed by atoms with Gasteiger partial charge in [0.15, 0.2) is 6.10 Å². The van der Waals surface area contributed by atoms with Crippen LogP contribution in [0.25, 0.3) is 0 Å². The molecule has 5 rings (SSSR count). The fourth-order valence-corrected chi connectivity index (χ4v) is 5.13. The van der Waals surface area contributed by atoms with Crippen LogP contribution in [-0.4, -0.2) is 30.0 Å². The van der Waals surface area contributed by atoms with E-state index in [-0.39, 0.29) is 11.9 Å². The summed E-state index contributed by atoms with van der Waals surface area (Å²) in [7, 11) is 0. The number of carbonyl (C=O) groups excluding carboxylic acids is 1. The quantitative estimate of drug-likeness (QED) is 0.430. The zero-order valence-corrected chi connectivity index (χ0v) is 20.9. The zero-order chi connectivity index (χ0) is 24.2. The maximum Gasteiger partial charge on any atom is 0.261 e.